The minimum atomic E-state index is -0.591. The van der Waals surface area contributed by atoms with Crippen LogP contribution < -0.4 is 10.6 Å². The summed E-state index contributed by atoms with van der Waals surface area (Å²) in [6, 6.07) is 4.02. The van der Waals surface area contributed by atoms with Gasteiger partial charge in [0.05, 0.1) is 23.1 Å². The topological polar surface area (TPSA) is 76.0 Å². The molecule has 0 aliphatic heterocycles. The van der Waals surface area contributed by atoms with Gasteiger partial charge in [0.1, 0.15) is 5.82 Å². The minimum Gasteiger partial charge on any atom is -0.322 e. The summed E-state index contributed by atoms with van der Waals surface area (Å²) in [5.41, 5.74) is 1.87. The molecular formula is C20H23FN4O2. The third-order valence-electron chi connectivity index (χ3n) is 4.29. The van der Waals surface area contributed by atoms with Crippen LogP contribution in [0.1, 0.15) is 48.7 Å². The fourth-order valence-corrected chi connectivity index (χ4v) is 2.93. The second-order valence-corrected chi connectivity index (χ2v) is 7.14. The molecule has 1 aliphatic rings. The average molecular weight is 370 g/mol. The first-order valence-corrected chi connectivity index (χ1v) is 8.99. The molecule has 142 valence electrons. The molecule has 2 N–H and O–H groups in total. The molecule has 1 saturated carbocycles. The molecule has 0 radical (unpaired) electrons. The summed E-state index contributed by atoms with van der Waals surface area (Å²) < 4.78 is 15.8. The SMILES string of the molecule is C=CC(=O)Nc1cc(NC(=O)c2cnn(CC(C)C)c2C2CC2)ccc1F. The molecule has 3 rings (SSSR count). The molecular weight excluding hydrogens is 347 g/mol. The zero-order valence-corrected chi connectivity index (χ0v) is 15.5. The Balaban J connectivity index is 1.82. The van der Waals surface area contributed by atoms with E-state index < -0.39 is 11.7 Å². The Labute approximate surface area is 157 Å². The fourth-order valence-electron chi connectivity index (χ4n) is 2.93. The van der Waals surface area contributed by atoms with Crippen molar-refractivity contribution >= 4 is 23.2 Å². The smallest absolute Gasteiger partial charge is 0.259 e. The summed E-state index contributed by atoms with van der Waals surface area (Å²) in [6.07, 6.45) is 4.75. The Morgan fingerprint density at radius 3 is 2.74 bits per heavy atom. The van der Waals surface area contributed by atoms with E-state index in [9.17, 15) is 14.0 Å². The number of halogens is 1. The lowest BCUT2D eigenvalue weighted by Crippen LogP contribution is -2.16. The Morgan fingerprint density at radius 2 is 2.11 bits per heavy atom. The van der Waals surface area contributed by atoms with Crippen molar-refractivity contribution in [2.45, 2.75) is 39.2 Å². The maximum atomic E-state index is 13.9. The Hall–Kier alpha value is -2.96. The third-order valence-corrected chi connectivity index (χ3v) is 4.29. The van der Waals surface area contributed by atoms with Crippen molar-refractivity contribution in [3.8, 4) is 0 Å². The highest BCUT2D eigenvalue weighted by Crippen LogP contribution is 2.42. The van der Waals surface area contributed by atoms with Crippen LogP contribution in [0.25, 0.3) is 0 Å². The van der Waals surface area contributed by atoms with Crippen LogP contribution in [-0.4, -0.2) is 21.6 Å². The number of hydrogen-bond donors (Lipinski definition) is 2. The van der Waals surface area contributed by atoms with Crippen molar-refractivity contribution < 1.29 is 14.0 Å². The van der Waals surface area contributed by atoms with E-state index in [1.54, 1.807) is 6.20 Å². The van der Waals surface area contributed by atoms with Gasteiger partial charge in [0, 0.05) is 18.2 Å². The lowest BCUT2D eigenvalue weighted by atomic mass is 10.1. The Morgan fingerprint density at radius 1 is 1.37 bits per heavy atom. The van der Waals surface area contributed by atoms with E-state index in [0.717, 1.165) is 31.2 Å². The Bertz CT molecular complexity index is 884. The summed E-state index contributed by atoms with van der Waals surface area (Å²) in [5.74, 6) is -0.622. The third kappa shape index (κ3) is 4.42. The predicted molar refractivity (Wildman–Crippen MR) is 102 cm³/mol. The van der Waals surface area contributed by atoms with E-state index in [1.165, 1.54) is 18.2 Å². The number of hydrogen-bond acceptors (Lipinski definition) is 3. The van der Waals surface area contributed by atoms with E-state index in [0.29, 0.717) is 23.1 Å². The zero-order chi connectivity index (χ0) is 19.6. The van der Waals surface area contributed by atoms with Gasteiger partial charge < -0.3 is 10.6 Å². The highest BCUT2D eigenvalue weighted by molar-refractivity contribution is 6.06. The van der Waals surface area contributed by atoms with Crippen molar-refractivity contribution in [2.75, 3.05) is 10.6 Å². The number of nitrogens with one attached hydrogen (secondary N) is 2. The van der Waals surface area contributed by atoms with Gasteiger partial charge in [-0.2, -0.15) is 5.10 Å². The molecule has 7 heteroatoms. The van der Waals surface area contributed by atoms with Crippen LogP contribution in [0.5, 0.6) is 0 Å². The molecule has 0 spiro atoms. The lowest BCUT2D eigenvalue weighted by Gasteiger charge is -2.12. The number of amides is 2. The molecule has 27 heavy (non-hydrogen) atoms. The molecule has 0 bridgehead atoms. The average Bonchev–Trinajstić information content (AvgIpc) is 3.37. The molecule has 0 atom stereocenters. The molecule has 0 saturated heterocycles. The second kappa shape index (κ2) is 7.73. The number of benzene rings is 1. The van der Waals surface area contributed by atoms with Gasteiger partial charge in [-0.25, -0.2) is 4.39 Å². The summed E-state index contributed by atoms with van der Waals surface area (Å²) in [7, 11) is 0. The normalized spacial score (nSPS) is 13.5. The van der Waals surface area contributed by atoms with Gasteiger partial charge in [0.2, 0.25) is 5.91 Å². The molecule has 1 aromatic heterocycles. The van der Waals surface area contributed by atoms with Crippen molar-refractivity contribution in [3.05, 3.63) is 54.1 Å². The van der Waals surface area contributed by atoms with Crippen LogP contribution in [0.2, 0.25) is 0 Å². The molecule has 1 aromatic carbocycles. The number of nitrogens with zero attached hydrogens (tertiary/aromatic N) is 2. The van der Waals surface area contributed by atoms with Gasteiger partial charge in [0.15, 0.2) is 0 Å². The first kappa shape index (κ1) is 18.8. The van der Waals surface area contributed by atoms with Crippen LogP contribution in [0.4, 0.5) is 15.8 Å². The number of aromatic nitrogens is 2. The fraction of sp³-hybridized carbons (Fsp3) is 0.350. The van der Waals surface area contributed by atoms with Crippen molar-refractivity contribution in [1.29, 1.82) is 0 Å². The molecule has 1 heterocycles. The largest absolute Gasteiger partial charge is 0.322 e. The number of rotatable bonds is 7. The van der Waals surface area contributed by atoms with E-state index in [2.05, 4.69) is 36.2 Å². The van der Waals surface area contributed by atoms with Gasteiger partial charge in [-0.15, -0.1) is 0 Å². The van der Waals surface area contributed by atoms with Crippen LogP contribution in [0.15, 0.2) is 37.1 Å². The highest BCUT2D eigenvalue weighted by Gasteiger charge is 2.32. The van der Waals surface area contributed by atoms with E-state index in [1.807, 2.05) is 4.68 Å². The molecule has 0 unspecified atom stereocenters. The predicted octanol–water partition coefficient (Wildman–Crippen LogP) is 3.93. The van der Waals surface area contributed by atoms with E-state index >= 15 is 0 Å². The lowest BCUT2D eigenvalue weighted by molar-refractivity contribution is -0.111. The first-order chi connectivity index (χ1) is 12.9. The van der Waals surface area contributed by atoms with Crippen LogP contribution in [-0.2, 0) is 11.3 Å². The summed E-state index contributed by atoms with van der Waals surface area (Å²) in [6.45, 7) is 8.31. The monoisotopic (exact) mass is 370 g/mol. The van der Waals surface area contributed by atoms with Crippen LogP contribution in [0, 0.1) is 11.7 Å². The first-order valence-electron chi connectivity index (χ1n) is 8.99. The molecule has 2 amide bonds. The number of anilines is 2. The molecule has 1 aliphatic carbocycles. The molecule has 6 nitrogen and oxygen atoms in total. The van der Waals surface area contributed by atoms with Crippen molar-refractivity contribution in [1.82, 2.24) is 9.78 Å². The van der Waals surface area contributed by atoms with Gasteiger partial charge >= 0.3 is 0 Å². The van der Waals surface area contributed by atoms with E-state index in [-0.39, 0.29) is 11.6 Å². The number of carbonyl (C=O) groups excluding carboxylic acids is 2. The quantitative estimate of drug-likeness (QED) is 0.725. The van der Waals surface area contributed by atoms with Gasteiger partial charge in [-0.05, 0) is 43.0 Å². The van der Waals surface area contributed by atoms with E-state index in [4.69, 9.17) is 0 Å². The van der Waals surface area contributed by atoms with Gasteiger partial charge in [0.25, 0.3) is 5.91 Å². The van der Waals surface area contributed by atoms with Gasteiger partial charge in [-0.3, -0.25) is 14.3 Å². The maximum Gasteiger partial charge on any atom is 0.259 e. The highest BCUT2D eigenvalue weighted by atomic mass is 19.1. The van der Waals surface area contributed by atoms with Gasteiger partial charge in [-0.1, -0.05) is 20.4 Å². The maximum absolute atomic E-state index is 13.9. The molecule has 1 fully saturated rings. The van der Waals surface area contributed by atoms with Crippen molar-refractivity contribution in [2.24, 2.45) is 5.92 Å². The minimum absolute atomic E-state index is 0.0179. The van der Waals surface area contributed by atoms with Crippen LogP contribution >= 0.6 is 0 Å². The summed E-state index contributed by atoms with van der Waals surface area (Å²) >= 11 is 0. The Kier molecular flexibility index (Phi) is 5.39. The van der Waals surface area contributed by atoms with Crippen molar-refractivity contribution in [3.63, 3.8) is 0 Å². The second-order valence-electron chi connectivity index (χ2n) is 7.14. The standard InChI is InChI=1S/C20H23FN4O2/c1-4-18(26)24-17-9-14(7-8-16(17)21)23-20(27)15-10-22-25(11-12(2)3)19(15)13-5-6-13/h4,7-10,12-13H,1,5-6,11H2,2-3H3,(H,23,27)(H,24,26). The molecule has 2 aromatic rings. The van der Waals surface area contributed by atoms with Crippen LogP contribution in [0.3, 0.4) is 0 Å². The summed E-state index contributed by atoms with van der Waals surface area (Å²) in [5, 5.41) is 9.54. The summed E-state index contributed by atoms with van der Waals surface area (Å²) in [4.78, 5) is 24.2. The number of carbonyl (C=O) groups is 2. The zero-order valence-electron chi connectivity index (χ0n) is 15.5.